The molecule has 0 spiro atoms. The minimum Gasteiger partial charge on any atom is -0.330 e. The number of rotatable bonds is 3. The molecule has 0 aliphatic carbocycles. The van der Waals surface area contributed by atoms with Crippen molar-refractivity contribution >= 4 is 5.91 Å². The van der Waals surface area contributed by atoms with Gasteiger partial charge in [0.25, 0.3) is 5.91 Å². The molecular weight excluding hydrogens is 221 g/mol. The predicted octanol–water partition coefficient (Wildman–Crippen LogP) is 1.30. The summed E-state index contributed by atoms with van der Waals surface area (Å²) in [6, 6.07) is 2.17. The second-order valence-electron chi connectivity index (χ2n) is 4.51. The number of nitriles is 1. The van der Waals surface area contributed by atoms with Crippen LogP contribution in [0.2, 0.25) is 0 Å². The fraction of sp³-hybridized carbons (Fsp3) is 0.667. The number of nitrogens with zero attached hydrogens (tertiary/aromatic N) is 3. The van der Waals surface area contributed by atoms with Gasteiger partial charge in [-0.25, -0.2) is 4.39 Å². The SMILES string of the molecule is C=C(F)C(=O)N1CCN(C(C)C)C[C@H]1CC#N. The van der Waals surface area contributed by atoms with Gasteiger partial charge in [-0.1, -0.05) is 6.58 Å². The van der Waals surface area contributed by atoms with E-state index in [1.165, 1.54) is 4.90 Å². The van der Waals surface area contributed by atoms with E-state index in [-0.39, 0.29) is 12.5 Å². The van der Waals surface area contributed by atoms with Crippen LogP contribution in [-0.4, -0.2) is 47.4 Å². The largest absolute Gasteiger partial charge is 0.330 e. The Morgan fingerprint density at radius 1 is 1.59 bits per heavy atom. The van der Waals surface area contributed by atoms with Crippen molar-refractivity contribution in [1.29, 1.82) is 5.26 Å². The minimum atomic E-state index is -0.953. The van der Waals surface area contributed by atoms with Crippen molar-refractivity contribution in [2.24, 2.45) is 0 Å². The molecule has 0 aromatic rings. The molecule has 17 heavy (non-hydrogen) atoms. The summed E-state index contributed by atoms with van der Waals surface area (Å²) in [5.41, 5.74) is 0. The normalized spacial score (nSPS) is 21.4. The zero-order valence-corrected chi connectivity index (χ0v) is 10.3. The summed E-state index contributed by atoms with van der Waals surface area (Å²) in [5.74, 6) is -1.64. The molecule has 1 aliphatic heterocycles. The lowest BCUT2D eigenvalue weighted by Crippen LogP contribution is -2.56. The lowest BCUT2D eigenvalue weighted by atomic mass is 10.1. The molecule has 0 N–H and O–H groups in total. The van der Waals surface area contributed by atoms with Gasteiger partial charge in [-0.3, -0.25) is 9.69 Å². The van der Waals surface area contributed by atoms with E-state index in [1.807, 2.05) is 6.07 Å². The van der Waals surface area contributed by atoms with Gasteiger partial charge in [0.2, 0.25) is 0 Å². The minimum absolute atomic E-state index is 0.224. The van der Waals surface area contributed by atoms with E-state index in [9.17, 15) is 9.18 Å². The van der Waals surface area contributed by atoms with Crippen LogP contribution in [-0.2, 0) is 4.79 Å². The number of halogens is 1. The molecule has 0 radical (unpaired) electrons. The molecule has 1 aliphatic rings. The average molecular weight is 239 g/mol. The summed E-state index contributed by atoms with van der Waals surface area (Å²) in [4.78, 5) is 15.2. The third kappa shape index (κ3) is 3.27. The van der Waals surface area contributed by atoms with Crippen LogP contribution in [0.15, 0.2) is 12.4 Å². The van der Waals surface area contributed by atoms with Crippen molar-refractivity contribution in [3.8, 4) is 6.07 Å². The third-order valence-corrected chi connectivity index (χ3v) is 3.06. The summed E-state index contributed by atoms with van der Waals surface area (Å²) < 4.78 is 12.9. The van der Waals surface area contributed by atoms with Gasteiger partial charge >= 0.3 is 0 Å². The number of carbonyl (C=O) groups excluding carboxylic acids is 1. The van der Waals surface area contributed by atoms with Gasteiger partial charge in [0.1, 0.15) is 0 Å². The molecule has 4 nitrogen and oxygen atoms in total. The Balaban J connectivity index is 2.76. The van der Waals surface area contributed by atoms with Gasteiger partial charge in [0.15, 0.2) is 5.83 Å². The molecule has 1 rings (SSSR count). The highest BCUT2D eigenvalue weighted by atomic mass is 19.1. The number of hydrogen-bond acceptors (Lipinski definition) is 3. The topological polar surface area (TPSA) is 47.3 Å². The maximum absolute atomic E-state index is 12.9. The summed E-state index contributed by atoms with van der Waals surface area (Å²) in [7, 11) is 0. The lowest BCUT2D eigenvalue weighted by molar-refractivity contribution is -0.133. The second-order valence-corrected chi connectivity index (χ2v) is 4.51. The molecule has 1 saturated heterocycles. The van der Waals surface area contributed by atoms with Crippen LogP contribution >= 0.6 is 0 Å². The summed E-state index contributed by atoms with van der Waals surface area (Å²) in [5, 5.41) is 8.76. The van der Waals surface area contributed by atoms with Crippen molar-refractivity contribution in [3.63, 3.8) is 0 Å². The fourth-order valence-corrected chi connectivity index (χ4v) is 2.05. The summed E-state index contributed by atoms with van der Waals surface area (Å²) in [6.07, 6.45) is 0.224. The van der Waals surface area contributed by atoms with Crippen LogP contribution in [0.5, 0.6) is 0 Å². The zero-order chi connectivity index (χ0) is 13.0. The molecular formula is C12H18FN3O. The first-order valence-electron chi connectivity index (χ1n) is 5.73. The maximum atomic E-state index is 12.9. The summed E-state index contributed by atoms with van der Waals surface area (Å²) >= 11 is 0. The van der Waals surface area contributed by atoms with E-state index < -0.39 is 11.7 Å². The van der Waals surface area contributed by atoms with Crippen molar-refractivity contribution in [2.75, 3.05) is 19.6 Å². The van der Waals surface area contributed by atoms with Crippen LogP contribution in [0.1, 0.15) is 20.3 Å². The van der Waals surface area contributed by atoms with Crippen molar-refractivity contribution in [2.45, 2.75) is 32.4 Å². The quantitative estimate of drug-likeness (QED) is 0.697. The zero-order valence-electron chi connectivity index (χ0n) is 10.3. The summed E-state index contributed by atoms with van der Waals surface area (Å²) in [6.45, 7) is 8.93. The van der Waals surface area contributed by atoms with E-state index in [4.69, 9.17) is 5.26 Å². The Labute approximate surface area is 101 Å². The number of carbonyl (C=O) groups is 1. The monoisotopic (exact) mass is 239 g/mol. The van der Waals surface area contributed by atoms with E-state index in [0.717, 1.165) is 0 Å². The van der Waals surface area contributed by atoms with Crippen molar-refractivity contribution in [3.05, 3.63) is 12.4 Å². The standard InChI is InChI=1S/C12H18FN3O/c1-9(2)15-6-7-16(12(17)10(3)13)11(8-15)4-5-14/h9,11H,3-4,6-8H2,1-2H3/t11-/m1/s1. The fourth-order valence-electron chi connectivity index (χ4n) is 2.05. The Hall–Kier alpha value is -1.41. The van der Waals surface area contributed by atoms with Crippen LogP contribution in [0.25, 0.3) is 0 Å². The smallest absolute Gasteiger partial charge is 0.282 e. The number of amides is 1. The van der Waals surface area contributed by atoms with Gasteiger partial charge < -0.3 is 4.90 Å². The second kappa shape index (κ2) is 5.78. The first-order chi connectivity index (χ1) is 7.97. The molecule has 5 heteroatoms. The van der Waals surface area contributed by atoms with Crippen LogP contribution in [0.3, 0.4) is 0 Å². The lowest BCUT2D eigenvalue weighted by Gasteiger charge is -2.42. The molecule has 0 aromatic carbocycles. The Kier molecular flexibility index (Phi) is 4.64. The van der Waals surface area contributed by atoms with Crippen molar-refractivity contribution < 1.29 is 9.18 Å². The van der Waals surface area contributed by atoms with E-state index in [1.54, 1.807) is 0 Å². The van der Waals surface area contributed by atoms with Crippen LogP contribution in [0, 0.1) is 11.3 Å². The molecule has 0 bridgehead atoms. The van der Waals surface area contributed by atoms with Gasteiger partial charge in [0, 0.05) is 25.7 Å². The van der Waals surface area contributed by atoms with Gasteiger partial charge in [-0.05, 0) is 13.8 Å². The highest BCUT2D eigenvalue weighted by molar-refractivity contribution is 5.90. The van der Waals surface area contributed by atoms with E-state index in [0.29, 0.717) is 25.7 Å². The number of hydrogen-bond donors (Lipinski definition) is 0. The molecule has 0 unspecified atom stereocenters. The van der Waals surface area contributed by atoms with Crippen LogP contribution in [0.4, 0.5) is 4.39 Å². The van der Waals surface area contributed by atoms with E-state index in [2.05, 4.69) is 25.3 Å². The van der Waals surface area contributed by atoms with E-state index >= 15 is 0 Å². The first kappa shape index (κ1) is 13.7. The molecule has 1 heterocycles. The molecule has 0 saturated carbocycles. The third-order valence-electron chi connectivity index (χ3n) is 3.06. The Bertz CT molecular complexity index is 348. The molecule has 0 aromatic heterocycles. The van der Waals surface area contributed by atoms with Gasteiger partial charge in [0.05, 0.1) is 18.5 Å². The maximum Gasteiger partial charge on any atom is 0.282 e. The predicted molar refractivity (Wildman–Crippen MR) is 62.7 cm³/mol. The molecule has 1 amide bonds. The van der Waals surface area contributed by atoms with Gasteiger partial charge in [-0.2, -0.15) is 5.26 Å². The van der Waals surface area contributed by atoms with Crippen molar-refractivity contribution in [1.82, 2.24) is 9.80 Å². The number of piperazine rings is 1. The Morgan fingerprint density at radius 2 is 2.24 bits per heavy atom. The molecule has 1 fully saturated rings. The molecule has 1 atom stereocenters. The first-order valence-corrected chi connectivity index (χ1v) is 5.73. The Morgan fingerprint density at radius 3 is 2.71 bits per heavy atom. The van der Waals surface area contributed by atoms with Gasteiger partial charge in [-0.15, -0.1) is 0 Å². The molecule has 94 valence electrons. The average Bonchev–Trinajstić information content (AvgIpc) is 2.28. The van der Waals surface area contributed by atoms with Crippen LogP contribution < -0.4 is 0 Å². The highest BCUT2D eigenvalue weighted by Crippen LogP contribution is 2.17. The highest BCUT2D eigenvalue weighted by Gasteiger charge is 2.32.